The number of aromatic nitrogens is 3. The van der Waals surface area contributed by atoms with Crippen LogP contribution in [0.15, 0.2) is 60.7 Å². The van der Waals surface area contributed by atoms with E-state index in [2.05, 4.69) is 14.9 Å². The van der Waals surface area contributed by atoms with Crippen molar-refractivity contribution in [2.75, 3.05) is 36.9 Å². The van der Waals surface area contributed by atoms with Gasteiger partial charge in [0.25, 0.3) is 5.91 Å². The van der Waals surface area contributed by atoms with Crippen molar-refractivity contribution in [2.45, 2.75) is 13.0 Å². The summed E-state index contributed by atoms with van der Waals surface area (Å²) in [6.45, 7) is 3.50. The fourth-order valence-corrected chi connectivity index (χ4v) is 4.39. The van der Waals surface area contributed by atoms with Crippen LogP contribution in [-0.4, -0.2) is 58.0 Å². The third-order valence-electron chi connectivity index (χ3n) is 6.11. The minimum Gasteiger partial charge on any atom is -0.484 e. The third kappa shape index (κ3) is 5.86. The smallest absolute Gasteiger partial charge is 0.260 e. The molecule has 1 fully saturated rings. The van der Waals surface area contributed by atoms with Crippen molar-refractivity contribution >= 4 is 53.8 Å². The van der Waals surface area contributed by atoms with Gasteiger partial charge in [-0.05, 0) is 67.6 Å². The zero-order chi connectivity index (χ0) is 25.2. The highest BCUT2D eigenvalue weighted by molar-refractivity contribution is 7.59. The van der Waals surface area contributed by atoms with Gasteiger partial charge in [-0.3, -0.25) is 4.79 Å². The first kappa shape index (κ1) is 26.4. The van der Waals surface area contributed by atoms with Crippen molar-refractivity contribution in [1.82, 2.24) is 19.9 Å². The minimum atomic E-state index is -0.309. The van der Waals surface area contributed by atoms with E-state index in [1.54, 1.807) is 41.3 Å². The van der Waals surface area contributed by atoms with Crippen molar-refractivity contribution in [3.63, 3.8) is 0 Å². The standard InChI is InChI=1S/C26H24ClFN6O2.H2S/c1-16-14-33(23(35)15-36-20-8-4-18(27)5-9-20)12-13-34(16)25-24-22(31-26(29)32-25)11-10-21(30-24)17-2-6-19(28)7-3-17;/h2-11,16H,12-15H2,1H3,(H2,29,31,32);1H2/t16-;/m0./s1. The molecule has 8 nitrogen and oxygen atoms in total. The number of hydrogen-bond donors (Lipinski definition) is 1. The van der Waals surface area contributed by atoms with Gasteiger partial charge in [-0.25, -0.2) is 14.4 Å². The van der Waals surface area contributed by atoms with Gasteiger partial charge in [0.2, 0.25) is 5.95 Å². The van der Waals surface area contributed by atoms with Gasteiger partial charge >= 0.3 is 0 Å². The molecule has 1 aliphatic heterocycles. The monoisotopic (exact) mass is 540 g/mol. The van der Waals surface area contributed by atoms with E-state index >= 15 is 0 Å². The van der Waals surface area contributed by atoms with Crippen LogP contribution in [0.1, 0.15) is 6.92 Å². The van der Waals surface area contributed by atoms with Crippen molar-refractivity contribution < 1.29 is 13.9 Å². The van der Waals surface area contributed by atoms with Crippen LogP contribution in [0.25, 0.3) is 22.3 Å². The molecule has 2 aromatic heterocycles. The van der Waals surface area contributed by atoms with Crippen LogP contribution in [0.4, 0.5) is 16.2 Å². The van der Waals surface area contributed by atoms with E-state index in [0.29, 0.717) is 53.0 Å². The molecule has 0 unspecified atom stereocenters. The van der Waals surface area contributed by atoms with Crippen LogP contribution in [0.5, 0.6) is 5.75 Å². The fourth-order valence-electron chi connectivity index (χ4n) is 4.26. The Morgan fingerprint density at radius 3 is 2.49 bits per heavy atom. The first-order valence-corrected chi connectivity index (χ1v) is 11.9. The average Bonchev–Trinajstić information content (AvgIpc) is 2.88. The summed E-state index contributed by atoms with van der Waals surface area (Å²) in [5.41, 5.74) is 8.69. The molecular weight excluding hydrogens is 515 g/mol. The molecule has 1 atom stereocenters. The quantitative estimate of drug-likeness (QED) is 0.403. The molecule has 3 heterocycles. The molecule has 0 saturated carbocycles. The van der Waals surface area contributed by atoms with Gasteiger partial charge in [0.1, 0.15) is 17.1 Å². The molecule has 0 bridgehead atoms. The first-order valence-electron chi connectivity index (χ1n) is 11.5. The number of carbonyl (C=O) groups excluding carboxylic acids is 1. The Labute approximate surface area is 225 Å². The molecule has 37 heavy (non-hydrogen) atoms. The topological polar surface area (TPSA) is 97.5 Å². The van der Waals surface area contributed by atoms with Crippen LogP contribution in [-0.2, 0) is 4.79 Å². The summed E-state index contributed by atoms with van der Waals surface area (Å²) in [4.78, 5) is 30.3. The van der Waals surface area contributed by atoms with E-state index < -0.39 is 0 Å². The van der Waals surface area contributed by atoms with E-state index in [-0.39, 0.29) is 43.8 Å². The Bertz CT molecular complexity index is 1410. The molecule has 1 aliphatic rings. The normalized spacial score (nSPS) is 15.4. The van der Waals surface area contributed by atoms with Crippen molar-refractivity contribution in [1.29, 1.82) is 0 Å². The van der Waals surface area contributed by atoms with Gasteiger partial charge in [0, 0.05) is 36.3 Å². The molecule has 2 aromatic carbocycles. The first-order chi connectivity index (χ1) is 17.4. The number of rotatable bonds is 5. The summed E-state index contributed by atoms with van der Waals surface area (Å²) in [6, 6.07) is 16.7. The maximum atomic E-state index is 13.4. The molecule has 192 valence electrons. The van der Waals surface area contributed by atoms with Gasteiger partial charge in [-0.1, -0.05) is 11.6 Å². The van der Waals surface area contributed by atoms with Crippen LogP contribution in [0.2, 0.25) is 5.02 Å². The summed E-state index contributed by atoms with van der Waals surface area (Å²) in [5.74, 6) is 0.941. The number of halogens is 2. The number of pyridine rings is 1. The Morgan fingerprint density at radius 1 is 1.05 bits per heavy atom. The Balaban J connectivity index is 0.00000320. The Morgan fingerprint density at radius 2 is 1.78 bits per heavy atom. The molecule has 2 N–H and O–H groups in total. The number of nitrogens with two attached hydrogens (primary N) is 1. The molecule has 0 spiro atoms. The second-order valence-corrected chi connectivity index (χ2v) is 9.04. The Hall–Kier alpha value is -3.63. The minimum absolute atomic E-state index is 0. The van der Waals surface area contributed by atoms with Crippen molar-refractivity contribution in [3.8, 4) is 17.0 Å². The molecule has 0 radical (unpaired) electrons. The summed E-state index contributed by atoms with van der Waals surface area (Å²) in [7, 11) is 0. The van der Waals surface area contributed by atoms with Crippen molar-refractivity contribution in [2.24, 2.45) is 0 Å². The van der Waals surface area contributed by atoms with Gasteiger partial charge < -0.3 is 20.3 Å². The van der Waals surface area contributed by atoms with Crippen LogP contribution in [0.3, 0.4) is 0 Å². The highest BCUT2D eigenvalue weighted by Gasteiger charge is 2.29. The Kier molecular flexibility index (Phi) is 7.99. The number of benzene rings is 2. The fraction of sp³-hybridized carbons (Fsp3) is 0.231. The molecule has 0 aliphatic carbocycles. The number of amides is 1. The molecule has 4 aromatic rings. The van der Waals surface area contributed by atoms with Gasteiger partial charge in [-0.15, -0.1) is 0 Å². The van der Waals surface area contributed by atoms with Gasteiger partial charge in [0.05, 0.1) is 11.2 Å². The number of ether oxygens (including phenoxy) is 1. The highest BCUT2D eigenvalue weighted by Crippen LogP contribution is 2.29. The van der Waals surface area contributed by atoms with E-state index in [4.69, 9.17) is 27.1 Å². The van der Waals surface area contributed by atoms with Crippen LogP contribution < -0.4 is 15.4 Å². The molecule has 1 saturated heterocycles. The molecular formula is C26H26ClFN6O2S. The number of piperazine rings is 1. The van der Waals surface area contributed by atoms with E-state index in [9.17, 15) is 9.18 Å². The average molecular weight is 541 g/mol. The predicted molar refractivity (Wildman–Crippen MR) is 148 cm³/mol. The van der Waals surface area contributed by atoms with Gasteiger partial charge in [-0.2, -0.15) is 18.5 Å². The predicted octanol–water partition coefficient (Wildman–Crippen LogP) is 4.30. The summed E-state index contributed by atoms with van der Waals surface area (Å²) in [5, 5.41) is 0.607. The van der Waals surface area contributed by atoms with E-state index in [0.717, 1.165) is 5.56 Å². The second kappa shape index (κ2) is 11.2. The highest BCUT2D eigenvalue weighted by atomic mass is 35.5. The lowest BCUT2D eigenvalue weighted by Gasteiger charge is -2.40. The lowest BCUT2D eigenvalue weighted by atomic mass is 10.1. The molecule has 5 rings (SSSR count). The number of fused-ring (bicyclic) bond motifs is 1. The van der Waals surface area contributed by atoms with Crippen LogP contribution >= 0.6 is 25.1 Å². The summed E-state index contributed by atoms with van der Waals surface area (Å²) >= 11 is 5.90. The third-order valence-corrected chi connectivity index (χ3v) is 6.36. The molecule has 11 heteroatoms. The lowest BCUT2D eigenvalue weighted by Crippen LogP contribution is -2.55. The number of nitrogen functional groups attached to an aromatic ring is 1. The summed E-state index contributed by atoms with van der Waals surface area (Å²) < 4.78 is 19.0. The zero-order valence-electron chi connectivity index (χ0n) is 20.1. The van der Waals surface area contributed by atoms with E-state index in [1.165, 1.54) is 12.1 Å². The second-order valence-electron chi connectivity index (χ2n) is 8.60. The number of anilines is 2. The largest absolute Gasteiger partial charge is 0.484 e. The van der Waals surface area contributed by atoms with Crippen LogP contribution in [0, 0.1) is 5.82 Å². The number of hydrogen-bond acceptors (Lipinski definition) is 7. The SMILES string of the molecule is C[C@H]1CN(C(=O)COc2ccc(Cl)cc2)CCN1c1nc(N)nc2ccc(-c3ccc(F)cc3)nc12.S. The number of carbonyl (C=O) groups is 1. The molecule has 1 amide bonds. The zero-order valence-corrected chi connectivity index (χ0v) is 21.8. The van der Waals surface area contributed by atoms with E-state index in [1.807, 2.05) is 19.1 Å². The maximum Gasteiger partial charge on any atom is 0.260 e. The summed E-state index contributed by atoms with van der Waals surface area (Å²) in [6.07, 6.45) is 0. The lowest BCUT2D eigenvalue weighted by molar-refractivity contribution is -0.134. The maximum absolute atomic E-state index is 13.4. The van der Waals surface area contributed by atoms with Crippen molar-refractivity contribution in [3.05, 3.63) is 71.5 Å². The van der Waals surface area contributed by atoms with Gasteiger partial charge in [0.15, 0.2) is 12.4 Å². The number of nitrogens with zero attached hydrogens (tertiary/aromatic N) is 5.